The summed E-state index contributed by atoms with van der Waals surface area (Å²) in [6.07, 6.45) is 0. The molecule has 0 aliphatic carbocycles. The normalized spacial score (nSPS) is 10.5. The molecule has 0 saturated carbocycles. The topological polar surface area (TPSA) is 110 Å². The van der Waals surface area contributed by atoms with Crippen LogP contribution in [0.1, 0.15) is 32.1 Å². The number of carbonyl (C=O) groups is 3. The summed E-state index contributed by atoms with van der Waals surface area (Å²) >= 11 is 0. The van der Waals surface area contributed by atoms with Crippen molar-refractivity contribution in [2.45, 2.75) is 13.8 Å². The minimum Gasteiger partial charge on any atom is -0.468 e. The number of halogens is 1. The van der Waals surface area contributed by atoms with E-state index >= 15 is 0 Å². The molecular formula is C21H19FN4O4. The number of esters is 1. The largest absolute Gasteiger partial charge is 0.468 e. The average Bonchev–Trinajstić information content (AvgIpc) is 2.72. The van der Waals surface area contributed by atoms with Gasteiger partial charge < -0.3 is 15.4 Å². The summed E-state index contributed by atoms with van der Waals surface area (Å²) in [5.74, 6) is -2.30. The van der Waals surface area contributed by atoms with Crippen molar-refractivity contribution < 1.29 is 23.5 Å². The number of anilines is 1. The molecule has 8 nitrogen and oxygen atoms in total. The number of hydrogen-bond acceptors (Lipinski definition) is 6. The van der Waals surface area contributed by atoms with Gasteiger partial charge in [-0.15, -0.1) is 0 Å². The molecule has 0 aliphatic rings. The first-order chi connectivity index (χ1) is 14.3. The van der Waals surface area contributed by atoms with Gasteiger partial charge in [-0.25, -0.2) is 14.4 Å². The molecule has 154 valence electrons. The molecule has 2 N–H and O–H groups in total. The average molecular weight is 410 g/mol. The number of fused-ring (bicyclic) bond motifs is 1. The molecule has 0 saturated heterocycles. The van der Waals surface area contributed by atoms with Gasteiger partial charge in [-0.1, -0.05) is 6.07 Å². The Morgan fingerprint density at radius 3 is 2.50 bits per heavy atom. The van der Waals surface area contributed by atoms with Crippen molar-refractivity contribution in [1.82, 2.24) is 15.3 Å². The van der Waals surface area contributed by atoms with E-state index in [1.165, 1.54) is 25.3 Å². The van der Waals surface area contributed by atoms with Gasteiger partial charge in [0.25, 0.3) is 11.8 Å². The molecule has 9 heteroatoms. The van der Waals surface area contributed by atoms with E-state index < -0.39 is 23.6 Å². The molecule has 0 fully saturated rings. The summed E-state index contributed by atoms with van der Waals surface area (Å²) in [6, 6.07) is 8.42. The van der Waals surface area contributed by atoms with Crippen LogP contribution in [0.25, 0.3) is 11.0 Å². The lowest BCUT2D eigenvalue weighted by molar-refractivity contribution is -0.139. The fourth-order valence-electron chi connectivity index (χ4n) is 2.73. The number of ether oxygens (including phenoxy) is 1. The summed E-state index contributed by atoms with van der Waals surface area (Å²) in [7, 11) is 1.22. The van der Waals surface area contributed by atoms with E-state index in [0.717, 1.165) is 6.07 Å². The van der Waals surface area contributed by atoms with Crippen molar-refractivity contribution in [1.29, 1.82) is 0 Å². The number of rotatable bonds is 5. The highest BCUT2D eigenvalue weighted by Gasteiger charge is 2.16. The number of amides is 2. The molecule has 3 rings (SSSR count). The lowest BCUT2D eigenvalue weighted by Crippen LogP contribution is -2.30. The summed E-state index contributed by atoms with van der Waals surface area (Å²) in [6.45, 7) is 3.23. The Bertz CT molecular complexity index is 1160. The first-order valence-electron chi connectivity index (χ1n) is 8.99. The summed E-state index contributed by atoms with van der Waals surface area (Å²) in [5, 5.41) is 5.05. The SMILES string of the molecule is COC(=O)CNC(=O)c1cccc(NC(=O)c2cc(F)cc3nc(C)c(C)nc23)c1. The van der Waals surface area contributed by atoms with E-state index in [2.05, 4.69) is 25.3 Å². The Hall–Kier alpha value is -3.88. The highest BCUT2D eigenvalue weighted by Crippen LogP contribution is 2.21. The van der Waals surface area contributed by atoms with Crippen LogP contribution in [0, 0.1) is 19.7 Å². The Balaban J connectivity index is 1.85. The van der Waals surface area contributed by atoms with Crippen LogP contribution in [0.3, 0.4) is 0 Å². The molecular weight excluding hydrogens is 391 g/mol. The highest BCUT2D eigenvalue weighted by atomic mass is 19.1. The van der Waals surface area contributed by atoms with Crippen molar-refractivity contribution >= 4 is 34.5 Å². The van der Waals surface area contributed by atoms with Crippen LogP contribution in [0.15, 0.2) is 36.4 Å². The second-order valence-corrected chi connectivity index (χ2v) is 6.51. The number of methoxy groups -OCH3 is 1. The number of benzene rings is 2. The fraction of sp³-hybridized carbons (Fsp3) is 0.190. The Labute approximate surface area is 171 Å². The van der Waals surface area contributed by atoms with E-state index in [1.807, 2.05) is 0 Å². The van der Waals surface area contributed by atoms with Crippen LogP contribution in [-0.2, 0) is 9.53 Å². The minimum absolute atomic E-state index is 0.0288. The van der Waals surface area contributed by atoms with Crippen LogP contribution in [0.5, 0.6) is 0 Å². The maximum absolute atomic E-state index is 14.0. The number of nitrogens with one attached hydrogen (secondary N) is 2. The first kappa shape index (κ1) is 20.8. The quantitative estimate of drug-likeness (QED) is 0.626. The Morgan fingerprint density at radius 1 is 1.03 bits per heavy atom. The molecule has 3 aromatic rings. The predicted octanol–water partition coefficient (Wildman–Crippen LogP) is 2.54. The van der Waals surface area contributed by atoms with Crippen LogP contribution < -0.4 is 10.6 Å². The predicted molar refractivity (Wildman–Crippen MR) is 108 cm³/mol. The lowest BCUT2D eigenvalue weighted by Gasteiger charge is -2.10. The maximum atomic E-state index is 14.0. The minimum atomic E-state index is -0.610. The third-order valence-electron chi connectivity index (χ3n) is 4.39. The second-order valence-electron chi connectivity index (χ2n) is 6.51. The number of aryl methyl sites for hydroxylation is 2. The van der Waals surface area contributed by atoms with Gasteiger partial charge in [0, 0.05) is 17.3 Å². The summed E-state index contributed by atoms with van der Waals surface area (Å²) < 4.78 is 18.5. The van der Waals surface area contributed by atoms with Crippen molar-refractivity contribution in [2.75, 3.05) is 19.0 Å². The van der Waals surface area contributed by atoms with E-state index in [1.54, 1.807) is 26.0 Å². The number of aromatic nitrogens is 2. The molecule has 0 unspecified atom stereocenters. The molecule has 0 bridgehead atoms. The van der Waals surface area contributed by atoms with Gasteiger partial charge in [0.1, 0.15) is 17.9 Å². The molecule has 30 heavy (non-hydrogen) atoms. The molecule has 0 spiro atoms. The van der Waals surface area contributed by atoms with E-state index in [4.69, 9.17) is 0 Å². The Morgan fingerprint density at radius 2 is 1.77 bits per heavy atom. The van der Waals surface area contributed by atoms with Gasteiger partial charge in [-0.05, 0) is 38.1 Å². The van der Waals surface area contributed by atoms with Crippen LogP contribution in [0.2, 0.25) is 0 Å². The van der Waals surface area contributed by atoms with Crippen molar-refractivity contribution in [3.05, 3.63) is 64.7 Å². The fourth-order valence-corrected chi connectivity index (χ4v) is 2.73. The first-order valence-corrected chi connectivity index (χ1v) is 8.99. The monoisotopic (exact) mass is 410 g/mol. The van der Waals surface area contributed by atoms with E-state index in [9.17, 15) is 18.8 Å². The second kappa shape index (κ2) is 8.64. The zero-order chi connectivity index (χ0) is 21.8. The van der Waals surface area contributed by atoms with Crippen LogP contribution in [0.4, 0.5) is 10.1 Å². The third kappa shape index (κ3) is 4.57. The van der Waals surface area contributed by atoms with Crippen molar-refractivity contribution in [3.63, 3.8) is 0 Å². The van der Waals surface area contributed by atoms with Gasteiger partial charge in [0.15, 0.2) is 0 Å². The molecule has 2 amide bonds. The molecule has 0 atom stereocenters. The summed E-state index contributed by atoms with van der Waals surface area (Å²) in [5.41, 5.74) is 2.41. The van der Waals surface area contributed by atoms with Crippen LogP contribution in [-0.4, -0.2) is 41.4 Å². The highest BCUT2D eigenvalue weighted by molar-refractivity contribution is 6.11. The smallest absolute Gasteiger partial charge is 0.325 e. The number of carbonyl (C=O) groups excluding carboxylic acids is 3. The number of nitrogens with zero attached hydrogens (tertiary/aromatic N) is 2. The molecule has 1 heterocycles. The molecule has 1 aromatic heterocycles. The Kier molecular flexibility index (Phi) is 6.01. The van der Waals surface area contributed by atoms with Gasteiger partial charge in [-0.2, -0.15) is 0 Å². The zero-order valence-electron chi connectivity index (χ0n) is 16.6. The summed E-state index contributed by atoms with van der Waals surface area (Å²) in [4.78, 5) is 44.8. The zero-order valence-corrected chi connectivity index (χ0v) is 16.6. The van der Waals surface area contributed by atoms with Gasteiger partial charge in [0.05, 0.1) is 29.6 Å². The molecule has 2 aromatic carbocycles. The standard InChI is InChI=1S/C21H19FN4O4/c1-11-12(2)25-19-16(8-14(22)9-17(19)24-11)21(29)26-15-6-4-5-13(7-15)20(28)23-10-18(27)30-3/h4-9H,10H2,1-3H3,(H,23,28)(H,26,29). The number of hydrogen-bond donors (Lipinski definition) is 2. The van der Waals surface area contributed by atoms with Crippen LogP contribution >= 0.6 is 0 Å². The van der Waals surface area contributed by atoms with E-state index in [0.29, 0.717) is 17.1 Å². The van der Waals surface area contributed by atoms with Gasteiger partial charge >= 0.3 is 5.97 Å². The van der Waals surface area contributed by atoms with Crippen molar-refractivity contribution in [3.8, 4) is 0 Å². The van der Waals surface area contributed by atoms with Crippen molar-refractivity contribution in [2.24, 2.45) is 0 Å². The van der Waals surface area contributed by atoms with Gasteiger partial charge in [0.2, 0.25) is 0 Å². The lowest BCUT2D eigenvalue weighted by atomic mass is 10.1. The van der Waals surface area contributed by atoms with Gasteiger partial charge in [-0.3, -0.25) is 14.4 Å². The molecule has 0 radical (unpaired) electrons. The molecule has 0 aliphatic heterocycles. The van der Waals surface area contributed by atoms with E-state index in [-0.39, 0.29) is 28.7 Å². The third-order valence-corrected chi connectivity index (χ3v) is 4.39. The maximum Gasteiger partial charge on any atom is 0.325 e.